The fraction of sp³-hybridized carbons (Fsp3) is 0.833. The van der Waals surface area contributed by atoms with Crippen molar-refractivity contribution in [2.75, 3.05) is 13.2 Å². The third-order valence-electron chi connectivity index (χ3n) is 1.93. The van der Waals surface area contributed by atoms with Gasteiger partial charge in [0, 0.05) is 6.42 Å². The van der Waals surface area contributed by atoms with Crippen molar-refractivity contribution in [1.29, 1.82) is 0 Å². The molecule has 0 aliphatic rings. The van der Waals surface area contributed by atoms with Gasteiger partial charge in [0.25, 0.3) is 0 Å². The lowest BCUT2D eigenvalue weighted by Crippen LogP contribution is -2.25. The Hall–Kier alpha value is -1.26. The average Bonchev–Trinajstić information content (AvgIpc) is 2.16. The quantitative estimate of drug-likeness (QED) is 0.697. The Morgan fingerprint density at radius 2 is 1.76 bits per heavy atom. The van der Waals surface area contributed by atoms with E-state index >= 15 is 0 Å². The predicted octanol–water partition coefficient (Wildman–Crippen LogP) is 2.53. The molecule has 0 saturated heterocycles. The molecule has 17 heavy (non-hydrogen) atoms. The lowest BCUT2D eigenvalue weighted by molar-refractivity contribution is -0.153. The zero-order valence-corrected chi connectivity index (χ0v) is 11.2. The van der Waals surface area contributed by atoms with Crippen LogP contribution in [-0.2, 0) is 19.0 Å². The third kappa shape index (κ3) is 7.60. The molecule has 5 heteroatoms. The summed E-state index contributed by atoms with van der Waals surface area (Å²) in [6.07, 6.45) is -0.565. The molecule has 0 aliphatic heterocycles. The number of hydrogen-bond acceptors (Lipinski definition) is 5. The van der Waals surface area contributed by atoms with E-state index in [9.17, 15) is 9.59 Å². The highest BCUT2D eigenvalue weighted by molar-refractivity contribution is 5.75. The zero-order valence-electron chi connectivity index (χ0n) is 11.2. The Morgan fingerprint density at radius 3 is 2.24 bits per heavy atom. The molecule has 0 aromatic carbocycles. The van der Waals surface area contributed by atoms with Crippen LogP contribution in [-0.4, -0.2) is 31.4 Å². The van der Waals surface area contributed by atoms with E-state index in [0.29, 0.717) is 6.42 Å². The highest BCUT2D eigenvalue weighted by Crippen LogP contribution is 2.15. The van der Waals surface area contributed by atoms with Crippen LogP contribution in [0.5, 0.6) is 0 Å². The predicted molar refractivity (Wildman–Crippen MR) is 62.6 cm³/mol. The van der Waals surface area contributed by atoms with Crippen molar-refractivity contribution in [3.63, 3.8) is 0 Å². The first kappa shape index (κ1) is 15.7. The van der Waals surface area contributed by atoms with Gasteiger partial charge in [-0.05, 0) is 34.6 Å². The second-order valence-corrected chi connectivity index (χ2v) is 4.79. The molecular weight excluding hydrogens is 224 g/mol. The van der Waals surface area contributed by atoms with E-state index in [0.717, 1.165) is 0 Å². The first-order valence-electron chi connectivity index (χ1n) is 5.78. The average molecular weight is 246 g/mol. The Kier molecular flexibility index (Phi) is 6.61. The summed E-state index contributed by atoms with van der Waals surface area (Å²) in [5, 5.41) is 0. The van der Waals surface area contributed by atoms with Crippen molar-refractivity contribution in [3.8, 4) is 0 Å². The molecule has 0 heterocycles. The maximum atomic E-state index is 11.4. The van der Waals surface area contributed by atoms with E-state index in [2.05, 4.69) is 4.74 Å². The molecular formula is C12H22O5. The molecule has 0 aromatic heterocycles. The van der Waals surface area contributed by atoms with Crippen LogP contribution in [0.4, 0.5) is 4.79 Å². The summed E-state index contributed by atoms with van der Waals surface area (Å²) in [5.41, 5.74) is -0.509. The second kappa shape index (κ2) is 7.14. The first-order chi connectivity index (χ1) is 7.77. The van der Waals surface area contributed by atoms with Gasteiger partial charge in [0.1, 0.15) is 6.10 Å². The number of ether oxygens (including phenoxy) is 3. The van der Waals surface area contributed by atoms with Gasteiger partial charge in [-0.3, -0.25) is 4.79 Å². The molecule has 0 rings (SSSR count). The summed E-state index contributed by atoms with van der Waals surface area (Å²) >= 11 is 0. The summed E-state index contributed by atoms with van der Waals surface area (Å²) in [6, 6.07) is 0. The summed E-state index contributed by atoms with van der Waals surface area (Å²) in [5.74, 6) is -0.263. The van der Waals surface area contributed by atoms with Gasteiger partial charge in [0.15, 0.2) is 0 Å². The monoisotopic (exact) mass is 246 g/mol. The summed E-state index contributed by atoms with van der Waals surface area (Å²) in [4.78, 5) is 22.4. The number of carbonyl (C=O) groups is 2. The second-order valence-electron chi connectivity index (χ2n) is 4.79. The number of esters is 1. The molecule has 100 valence electrons. The molecule has 0 amide bonds. The van der Waals surface area contributed by atoms with E-state index in [1.165, 1.54) is 0 Å². The highest BCUT2D eigenvalue weighted by atomic mass is 16.7. The molecule has 5 nitrogen and oxygen atoms in total. The lowest BCUT2D eigenvalue weighted by Gasteiger charge is -2.18. The van der Waals surface area contributed by atoms with Gasteiger partial charge in [0.2, 0.25) is 0 Å². The smallest absolute Gasteiger partial charge is 0.465 e. The molecule has 0 bridgehead atoms. The van der Waals surface area contributed by atoms with Crippen LogP contribution in [0, 0.1) is 5.41 Å². The van der Waals surface area contributed by atoms with Gasteiger partial charge in [-0.2, -0.15) is 0 Å². The van der Waals surface area contributed by atoms with Crippen LogP contribution >= 0.6 is 0 Å². The number of hydrogen-bond donors (Lipinski definition) is 0. The zero-order chi connectivity index (χ0) is 13.5. The van der Waals surface area contributed by atoms with Crippen LogP contribution in [0.1, 0.15) is 41.0 Å². The minimum atomic E-state index is -0.692. The Morgan fingerprint density at radius 1 is 1.18 bits per heavy atom. The lowest BCUT2D eigenvalue weighted by atomic mass is 9.97. The fourth-order valence-corrected chi connectivity index (χ4v) is 0.909. The van der Waals surface area contributed by atoms with Crippen LogP contribution in [0.25, 0.3) is 0 Å². The molecule has 1 unspecified atom stereocenters. The Labute approximate surface area is 102 Å². The van der Waals surface area contributed by atoms with Gasteiger partial charge in [0.05, 0.1) is 18.6 Å². The Bertz CT molecular complexity index is 254. The number of carbonyl (C=O) groups excluding carboxylic acids is 2. The molecule has 0 aliphatic carbocycles. The minimum absolute atomic E-state index is 0.233. The number of rotatable bonds is 5. The van der Waals surface area contributed by atoms with Crippen molar-refractivity contribution in [3.05, 3.63) is 0 Å². The van der Waals surface area contributed by atoms with Crippen molar-refractivity contribution in [1.82, 2.24) is 0 Å². The first-order valence-corrected chi connectivity index (χ1v) is 5.78. The molecule has 0 N–H and O–H groups in total. The normalized spacial score (nSPS) is 12.8. The molecule has 0 fully saturated rings. The van der Waals surface area contributed by atoms with Gasteiger partial charge in [-0.1, -0.05) is 0 Å². The summed E-state index contributed by atoms with van der Waals surface area (Å²) in [7, 11) is 0. The van der Waals surface area contributed by atoms with Crippen LogP contribution in [0.3, 0.4) is 0 Å². The van der Waals surface area contributed by atoms with Crippen molar-refractivity contribution in [2.24, 2.45) is 5.41 Å². The summed E-state index contributed by atoms with van der Waals surface area (Å²) < 4.78 is 14.6. The largest absolute Gasteiger partial charge is 0.508 e. The van der Waals surface area contributed by atoms with E-state index in [-0.39, 0.29) is 25.3 Å². The van der Waals surface area contributed by atoms with E-state index in [4.69, 9.17) is 9.47 Å². The molecule has 1 atom stereocenters. The minimum Gasteiger partial charge on any atom is -0.465 e. The van der Waals surface area contributed by atoms with Crippen LogP contribution in [0.15, 0.2) is 0 Å². The highest BCUT2D eigenvalue weighted by Gasteiger charge is 2.23. The van der Waals surface area contributed by atoms with Crippen molar-refractivity contribution >= 4 is 12.1 Å². The van der Waals surface area contributed by atoms with Gasteiger partial charge < -0.3 is 14.2 Å². The summed E-state index contributed by atoms with van der Waals surface area (Å²) in [6.45, 7) is 9.30. The molecule has 0 aromatic rings. The fourth-order valence-electron chi connectivity index (χ4n) is 0.909. The third-order valence-corrected chi connectivity index (χ3v) is 1.93. The SMILES string of the molecule is CCOC(=O)OC(C)CCOC(=O)C(C)(C)C. The van der Waals surface area contributed by atoms with Crippen molar-refractivity contribution in [2.45, 2.75) is 47.1 Å². The standard InChI is InChI=1S/C12H22O5/c1-6-15-11(14)17-9(2)7-8-16-10(13)12(3,4)5/h9H,6-8H2,1-5H3. The van der Waals surface area contributed by atoms with Crippen LogP contribution < -0.4 is 0 Å². The van der Waals surface area contributed by atoms with Gasteiger partial charge in [-0.25, -0.2) is 4.79 Å². The maximum absolute atomic E-state index is 11.4. The van der Waals surface area contributed by atoms with Crippen molar-refractivity contribution < 1.29 is 23.8 Å². The topological polar surface area (TPSA) is 61.8 Å². The van der Waals surface area contributed by atoms with E-state index < -0.39 is 11.6 Å². The van der Waals surface area contributed by atoms with E-state index in [1.54, 1.807) is 34.6 Å². The molecule has 0 spiro atoms. The van der Waals surface area contributed by atoms with Crippen LogP contribution in [0.2, 0.25) is 0 Å². The Balaban J connectivity index is 3.75. The van der Waals surface area contributed by atoms with Gasteiger partial charge >= 0.3 is 12.1 Å². The maximum Gasteiger partial charge on any atom is 0.508 e. The van der Waals surface area contributed by atoms with Gasteiger partial charge in [-0.15, -0.1) is 0 Å². The molecule has 0 saturated carbocycles. The molecule has 0 radical (unpaired) electrons. The van der Waals surface area contributed by atoms with E-state index in [1.807, 2.05) is 0 Å².